The number of hydrogen-bond donors (Lipinski definition) is 3. The van der Waals surface area contributed by atoms with Crippen molar-refractivity contribution in [3.8, 4) is 0 Å². The maximum Gasteiger partial charge on any atom is 0.446 e. The van der Waals surface area contributed by atoms with Gasteiger partial charge in [0.05, 0.1) is 11.7 Å². The van der Waals surface area contributed by atoms with Crippen LogP contribution in [0.25, 0.3) is 0 Å². The number of rotatable bonds is 3. The summed E-state index contributed by atoms with van der Waals surface area (Å²) in [6.07, 6.45) is 10.5. The fourth-order valence-corrected chi connectivity index (χ4v) is 5.27. The average molecular weight is 389 g/mol. The molecule has 0 aromatic rings. The Morgan fingerprint density at radius 1 is 1.31 bits per heavy atom. The quantitative estimate of drug-likeness (QED) is 0.680. The normalized spacial score (nSPS) is 35.3. The van der Waals surface area contributed by atoms with Crippen LogP contribution in [0.2, 0.25) is 0 Å². The molecule has 5 rings (SSSR count). The van der Waals surface area contributed by atoms with Crippen LogP contribution in [0.5, 0.6) is 0 Å². The van der Waals surface area contributed by atoms with Gasteiger partial charge in [0.2, 0.25) is 0 Å². The molecule has 3 aliphatic carbocycles. The summed E-state index contributed by atoms with van der Waals surface area (Å²) in [6.45, 7) is 5.75. The highest BCUT2D eigenvalue weighted by atomic mass is 32.2. The van der Waals surface area contributed by atoms with Crippen LogP contribution in [-0.4, -0.2) is 27.6 Å². The van der Waals surface area contributed by atoms with Gasteiger partial charge in [-0.3, -0.25) is 5.01 Å². The van der Waals surface area contributed by atoms with Gasteiger partial charge in [0.25, 0.3) is 0 Å². The van der Waals surface area contributed by atoms with E-state index in [-0.39, 0.29) is 28.9 Å². The van der Waals surface area contributed by atoms with Crippen molar-refractivity contribution in [3.63, 3.8) is 0 Å². The maximum atomic E-state index is 12.8. The lowest BCUT2D eigenvalue weighted by Crippen LogP contribution is -2.71. The molecule has 0 aromatic carbocycles. The summed E-state index contributed by atoms with van der Waals surface area (Å²) in [5.41, 5.74) is 5.66. The minimum atomic E-state index is -4.29. The van der Waals surface area contributed by atoms with E-state index < -0.39 is 5.51 Å². The molecule has 0 spiro atoms. The van der Waals surface area contributed by atoms with Crippen LogP contribution in [0.15, 0.2) is 34.7 Å². The number of nitrogens with two attached hydrogens (primary N) is 1. The molecule has 4 N–H and O–H groups in total. The summed E-state index contributed by atoms with van der Waals surface area (Å²) < 4.78 is 38.5. The number of allylic oxidation sites excluding steroid dienone is 3. The molecular weight excluding hydrogens is 361 g/mol. The minimum absolute atomic E-state index is 0.0139. The van der Waals surface area contributed by atoms with Crippen molar-refractivity contribution < 1.29 is 13.2 Å². The molecule has 26 heavy (non-hydrogen) atoms. The zero-order chi connectivity index (χ0) is 19.2. The summed E-state index contributed by atoms with van der Waals surface area (Å²) in [5, 5.41) is 5.32. The van der Waals surface area contributed by atoms with Crippen LogP contribution >= 0.6 is 11.8 Å². The van der Waals surface area contributed by atoms with Gasteiger partial charge < -0.3 is 11.1 Å². The molecule has 0 radical (unpaired) electrons. The molecule has 1 unspecified atom stereocenters. The summed E-state index contributed by atoms with van der Waals surface area (Å²) in [4.78, 5) is 0.300. The van der Waals surface area contributed by atoms with Gasteiger partial charge in [0.15, 0.2) is 0 Å². The molecule has 146 valence electrons. The van der Waals surface area contributed by atoms with Crippen molar-refractivity contribution in [3.05, 3.63) is 34.7 Å². The third-order valence-corrected chi connectivity index (χ3v) is 6.30. The smallest absolute Gasteiger partial charge is 0.365 e. The second kappa shape index (κ2) is 6.80. The first-order valence-electron chi connectivity index (χ1n) is 9.20. The Labute approximate surface area is 157 Å². The highest BCUT2D eigenvalue weighted by Crippen LogP contribution is 2.51. The van der Waals surface area contributed by atoms with E-state index in [2.05, 4.69) is 10.7 Å². The first-order chi connectivity index (χ1) is 12.2. The molecule has 0 amide bonds. The zero-order valence-electron chi connectivity index (χ0n) is 15.4. The van der Waals surface area contributed by atoms with E-state index in [0.717, 1.165) is 37.9 Å². The third kappa shape index (κ3) is 3.64. The molecule has 1 atom stereocenters. The van der Waals surface area contributed by atoms with Crippen LogP contribution in [0.4, 0.5) is 13.2 Å². The van der Waals surface area contributed by atoms with Crippen LogP contribution in [0.3, 0.4) is 0 Å². The topological polar surface area (TPSA) is 53.3 Å². The lowest BCUT2D eigenvalue weighted by Gasteiger charge is -2.60. The van der Waals surface area contributed by atoms with Gasteiger partial charge in [-0.2, -0.15) is 13.2 Å². The largest absolute Gasteiger partial charge is 0.446 e. The van der Waals surface area contributed by atoms with Crippen molar-refractivity contribution in [2.45, 2.75) is 75.5 Å². The van der Waals surface area contributed by atoms with E-state index in [0.29, 0.717) is 10.6 Å². The van der Waals surface area contributed by atoms with Crippen molar-refractivity contribution in [1.82, 2.24) is 15.8 Å². The Balaban J connectivity index is 0.000000948. The lowest BCUT2D eigenvalue weighted by molar-refractivity contribution is -0.0323. The molecule has 2 bridgehead atoms. The van der Waals surface area contributed by atoms with Crippen molar-refractivity contribution in [1.29, 1.82) is 0 Å². The Kier molecular flexibility index (Phi) is 5.13. The monoisotopic (exact) mass is 388 g/mol. The number of thioether (sulfide) groups is 1. The minimum Gasteiger partial charge on any atom is -0.365 e. The molecule has 2 aliphatic heterocycles. The first kappa shape index (κ1) is 19.6. The van der Waals surface area contributed by atoms with E-state index in [1.165, 1.54) is 0 Å². The van der Waals surface area contributed by atoms with E-state index in [4.69, 9.17) is 5.73 Å². The van der Waals surface area contributed by atoms with Crippen LogP contribution in [0, 0.1) is 0 Å². The summed E-state index contributed by atoms with van der Waals surface area (Å²) in [5.74, 6) is 0.807. The highest BCUT2D eigenvalue weighted by molar-refractivity contribution is 8.04. The van der Waals surface area contributed by atoms with Gasteiger partial charge in [-0.25, -0.2) is 5.43 Å². The lowest BCUT2D eigenvalue weighted by atomic mass is 9.55. The van der Waals surface area contributed by atoms with Crippen molar-refractivity contribution >= 4 is 11.8 Å². The predicted octanol–water partition coefficient (Wildman–Crippen LogP) is 4.10. The van der Waals surface area contributed by atoms with E-state index in [9.17, 15) is 13.2 Å². The molecule has 0 saturated heterocycles. The molecule has 2 heterocycles. The maximum absolute atomic E-state index is 12.8. The molecular formula is C18H27F3N4S. The molecule has 3 saturated carbocycles. The predicted molar refractivity (Wildman–Crippen MR) is 99.5 cm³/mol. The van der Waals surface area contributed by atoms with E-state index >= 15 is 0 Å². The summed E-state index contributed by atoms with van der Waals surface area (Å²) in [7, 11) is 0. The van der Waals surface area contributed by atoms with Gasteiger partial charge in [-0.1, -0.05) is 19.9 Å². The fraction of sp³-hybridized carbons (Fsp3) is 0.667. The Morgan fingerprint density at radius 2 is 2.00 bits per heavy atom. The van der Waals surface area contributed by atoms with Crippen LogP contribution in [0.1, 0.15) is 52.9 Å². The van der Waals surface area contributed by atoms with Gasteiger partial charge in [-0.15, -0.1) is 0 Å². The summed E-state index contributed by atoms with van der Waals surface area (Å²) in [6, 6.07) is -0.376. The molecule has 3 fully saturated rings. The molecule has 4 nitrogen and oxygen atoms in total. The highest BCUT2D eigenvalue weighted by Gasteiger charge is 2.55. The number of hydrogen-bond acceptors (Lipinski definition) is 5. The Bertz CT molecular complexity index is 647. The Morgan fingerprint density at radius 3 is 2.62 bits per heavy atom. The second-order valence-corrected chi connectivity index (χ2v) is 8.48. The molecule has 8 heteroatoms. The number of fused-ring (bicyclic) bond motifs is 3. The molecule has 5 aliphatic rings. The SMILES string of the molecule is CC.CC1NN2C(NC34CCCC(N)(C3)C4)=CC=CC2=C1SC(F)(F)F. The first-order valence-corrected chi connectivity index (χ1v) is 10.0. The van der Waals surface area contributed by atoms with Crippen LogP contribution < -0.4 is 16.5 Å². The van der Waals surface area contributed by atoms with E-state index in [1.54, 1.807) is 24.1 Å². The third-order valence-electron chi connectivity index (χ3n) is 5.29. The Hall–Kier alpha value is -1.12. The number of hydrazine groups is 1. The van der Waals surface area contributed by atoms with Gasteiger partial charge in [0, 0.05) is 16.0 Å². The van der Waals surface area contributed by atoms with Gasteiger partial charge >= 0.3 is 5.51 Å². The van der Waals surface area contributed by atoms with E-state index in [1.807, 2.05) is 19.9 Å². The zero-order valence-corrected chi connectivity index (χ0v) is 16.2. The standard InChI is InChI=1S/C16H21F3N4S.C2H6/c1-10-13(24-16(17,18)19)11-4-2-5-12(23(11)22-10)21-15-7-3-6-14(20,8-15)9-15;1-2/h2,4-5,10,21-22H,3,6-9,20H2,1H3;1-2H3. The summed E-state index contributed by atoms with van der Waals surface area (Å²) >= 11 is -0.0362. The number of halogens is 3. The number of nitrogens with one attached hydrogen (secondary N) is 2. The van der Waals surface area contributed by atoms with Crippen molar-refractivity contribution in [2.24, 2.45) is 5.73 Å². The van der Waals surface area contributed by atoms with Crippen molar-refractivity contribution in [2.75, 3.05) is 0 Å². The van der Waals surface area contributed by atoms with Gasteiger partial charge in [0.1, 0.15) is 5.82 Å². The molecule has 0 aromatic heterocycles. The fourth-order valence-electron chi connectivity index (χ4n) is 4.53. The van der Waals surface area contributed by atoms with Crippen LogP contribution in [-0.2, 0) is 0 Å². The number of alkyl halides is 3. The van der Waals surface area contributed by atoms with Gasteiger partial charge in [-0.05, 0) is 62.9 Å². The second-order valence-electron chi connectivity index (χ2n) is 7.37. The number of nitrogens with zero attached hydrogens (tertiary/aromatic N) is 1. The average Bonchev–Trinajstić information content (AvgIpc) is 2.84.